The van der Waals surface area contributed by atoms with E-state index < -0.39 is 0 Å². The standard InChI is InChI=1S/C34H31N11O/c1-46-31-11-8-24(20-39-31)27-9-10-30-42-32(26-3-2-15-38-34(26)36)33(45(30)43-27)23-6-4-22(5-7-23)21-44-17-13-25(14-18-44)40-28-12-16-37-29(19-35)41-28/h2-12,15-16,20,25H,13-14,17-18,21H2,1H3,(H2,36,38)(H,37,40,41). The number of benzene rings is 1. The van der Waals surface area contributed by atoms with Crippen LogP contribution in [0.15, 0.2) is 85.3 Å². The van der Waals surface area contributed by atoms with Crippen LogP contribution in [0, 0.1) is 11.3 Å². The quantitative estimate of drug-likeness (QED) is 0.243. The number of imidazole rings is 1. The summed E-state index contributed by atoms with van der Waals surface area (Å²) in [6.07, 6.45) is 7.01. The van der Waals surface area contributed by atoms with E-state index in [9.17, 15) is 0 Å². The van der Waals surface area contributed by atoms with Crippen LogP contribution in [0.3, 0.4) is 0 Å². The van der Waals surface area contributed by atoms with Crippen molar-refractivity contribution in [3.8, 4) is 45.7 Å². The van der Waals surface area contributed by atoms with Gasteiger partial charge >= 0.3 is 0 Å². The van der Waals surface area contributed by atoms with E-state index in [1.54, 1.807) is 31.8 Å². The highest BCUT2D eigenvalue weighted by Crippen LogP contribution is 2.35. The highest BCUT2D eigenvalue weighted by atomic mass is 16.5. The van der Waals surface area contributed by atoms with Gasteiger partial charge in [-0.15, -0.1) is 0 Å². The summed E-state index contributed by atoms with van der Waals surface area (Å²) in [6.45, 7) is 2.77. The first-order valence-corrected chi connectivity index (χ1v) is 15.0. The number of fused-ring (bicyclic) bond motifs is 1. The number of ether oxygens (including phenoxy) is 1. The average Bonchev–Trinajstić information content (AvgIpc) is 3.48. The SMILES string of the molecule is COc1ccc(-c2ccc3nc(-c4cccnc4N)c(-c4ccc(CN5CCC(Nc6ccnc(C#N)n6)CC5)cc4)n3n2)cn1. The number of anilines is 2. The number of nitrogen functional groups attached to an aromatic ring is 1. The van der Waals surface area contributed by atoms with E-state index in [4.69, 9.17) is 25.8 Å². The van der Waals surface area contributed by atoms with Crippen LogP contribution >= 0.6 is 0 Å². The number of methoxy groups -OCH3 is 1. The summed E-state index contributed by atoms with van der Waals surface area (Å²) in [4.78, 5) is 24.3. The second-order valence-corrected chi connectivity index (χ2v) is 11.1. The molecule has 12 nitrogen and oxygen atoms in total. The molecule has 0 amide bonds. The predicted octanol–water partition coefficient (Wildman–Crippen LogP) is 4.85. The second kappa shape index (κ2) is 12.6. The van der Waals surface area contributed by atoms with Crippen LogP contribution in [0.1, 0.15) is 24.2 Å². The minimum Gasteiger partial charge on any atom is -0.481 e. The molecule has 0 atom stereocenters. The maximum absolute atomic E-state index is 9.08. The number of pyridine rings is 2. The van der Waals surface area contributed by atoms with Gasteiger partial charge in [-0.2, -0.15) is 10.4 Å². The van der Waals surface area contributed by atoms with Crippen molar-refractivity contribution < 1.29 is 4.74 Å². The molecule has 5 aromatic heterocycles. The fourth-order valence-corrected chi connectivity index (χ4v) is 5.77. The highest BCUT2D eigenvalue weighted by molar-refractivity contribution is 5.86. The normalized spacial score (nSPS) is 13.8. The number of nitriles is 1. The number of hydrogen-bond donors (Lipinski definition) is 2. The molecule has 0 saturated carbocycles. The topological polar surface area (TPSA) is 156 Å². The Morgan fingerprint density at radius 2 is 1.76 bits per heavy atom. The first kappa shape index (κ1) is 28.8. The first-order valence-electron chi connectivity index (χ1n) is 15.0. The van der Waals surface area contributed by atoms with Crippen molar-refractivity contribution >= 4 is 17.3 Å². The number of likely N-dealkylation sites (tertiary alicyclic amines) is 1. The van der Waals surface area contributed by atoms with E-state index in [1.165, 1.54) is 5.56 Å². The summed E-state index contributed by atoms with van der Waals surface area (Å²) in [5, 5.41) is 17.5. The Hall–Kier alpha value is -5.93. The van der Waals surface area contributed by atoms with E-state index in [1.807, 2.05) is 47.0 Å². The van der Waals surface area contributed by atoms with E-state index in [2.05, 4.69) is 54.4 Å². The van der Waals surface area contributed by atoms with Crippen molar-refractivity contribution in [2.24, 2.45) is 0 Å². The fraction of sp³-hybridized carbons (Fsp3) is 0.206. The van der Waals surface area contributed by atoms with Crippen LogP contribution in [0.4, 0.5) is 11.6 Å². The van der Waals surface area contributed by atoms with Gasteiger partial charge in [-0.05, 0) is 54.8 Å². The summed E-state index contributed by atoms with van der Waals surface area (Å²) in [6, 6.07) is 24.1. The Morgan fingerprint density at radius 3 is 2.50 bits per heavy atom. The molecule has 0 spiro atoms. The van der Waals surface area contributed by atoms with Crippen molar-refractivity contribution in [1.29, 1.82) is 5.26 Å². The third-order valence-corrected chi connectivity index (χ3v) is 8.14. The maximum Gasteiger partial charge on any atom is 0.234 e. The van der Waals surface area contributed by atoms with Crippen molar-refractivity contribution in [1.82, 2.24) is 39.4 Å². The minimum absolute atomic E-state index is 0.177. The molecule has 1 saturated heterocycles. The molecule has 46 heavy (non-hydrogen) atoms. The van der Waals surface area contributed by atoms with Gasteiger partial charge in [0.05, 0.1) is 12.8 Å². The molecule has 6 aromatic rings. The lowest BCUT2D eigenvalue weighted by Crippen LogP contribution is -2.38. The average molecular weight is 610 g/mol. The zero-order valence-corrected chi connectivity index (χ0v) is 25.2. The molecule has 228 valence electrons. The van der Waals surface area contributed by atoms with Crippen LogP contribution in [0.5, 0.6) is 5.88 Å². The monoisotopic (exact) mass is 609 g/mol. The Morgan fingerprint density at radius 1 is 0.935 bits per heavy atom. The molecule has 0 aliphatic carbocycles. The molecule has 1 aliphatic heterocycles. The molecule has 1 aliphatic rings. The number of nitrogens with zero attached hydrogens (tertiary/aromatic N) is 9. The Balaban J connectivity index is 1.13. The van der Waals surface area contributed by atoms with Crippen molar-refractivity contribution in [3.05, 3.63) is 96.7 Å². The molecule has 12 heteroatoms. The molecular formula is C34H31N11O. The lowest BCUT2D eigenvalue weighted by molar-refractivity contribution is 0.211. The largest absolute Gasteiger partial charge is 0.481 e. The van der Waals surface area contributed by atoms with E-state index >= 15 is 0 Å². The zero-order chi connectivity index (χ0) is 31.5. The first-order chi connectivity index (χ1) is 22.6. The molecule has 3 N–H and O–H groups in total. The third-order valence-electron chi connectivity index (χ3n) is 8.14. The van der Waals surface area contributed by atoms with Gasteiger partial charge in [-0.1, -0.05) is 24.3 Å². The number of rotatable bonds is 8. The molecule has 0 unspecified atom stereocenters. The van der Waals surface area contributed by atoms with Gasteiger partial charge in [0.2, 0.25) is 11.7 Å². The molecule has 1 fully saturated rings. The summed E-state index contributed by atoms with van der Waals surface area (Å²) in [5.74, 6) is 1.83. The highest BCUT2D eigenvalue weighted by Gasteiger charge is 2.22. The lowest BCUT2D eigenvalue weighted by Gasteiger charge is -2.32. The zero-order valence-electron chi connectivity index (χ0n) is 25.2. The van der Waals surface area contributed by atoms with Crippen LogP contribution in [0.2, 0.25) is 0 Å². The van der Waals surface area contributed by atoms with Crippen LogP contribution in [-0.2, 0) is 6.54 Å². The fourth-order valence-electron chi connectivity index (χ4n) is 5.77. The van der Waals surface area contributed by atoms with Gasteiger partial charge in [0, 0.05) is 67.0 Å². The Labute approximate surface area is 265 Å². The van der Waals surface area contributed by atoms with E-state index in [0.29, 0.717) is 29.2 Å². The van der Waals surface area contributed by atoms with Gasteiger partial charge in [0.1, 0.15) is 29.1 Å². The number of hydrogen-bond acceptors (Lipinski definition) is 11. The molecule has 6 heterocycles. The molecular weight excluding hydrogens is 578 g/mol. The van der Waals surface area contributed by atoms with Gasteiger partial charge < -0.3 is 15.8 Å². The lowest BCUT2D eigenvalue weighted by atomic mass is 10.0. The van der Waals surface area contributed by atoms with Crippen molar-refractivity contribution in [2.75, 3.05) is 31.2 Å². The van der Waals surface area contributed by atoms with Crippen LogP contribution in [0.25, 0.3) is 39.4 Å². The number of nitrogens with one attached hydrogen (secondary N) is 1. The molecule has 1 aromatic carbocycles. The van der Waals surface area contributed by atoms with E-state index in [0.717, 1.165) is 66.2 Å². The van der Waals surface area contributed by atoms with Gasteiger partial charge in [0.15, 0.2) is 5.65 Å². The minimum atomic E-state index is 0.177. The summed E-state index contributed by atoms with van der Waals surface area (Å²) >= 11 is 0. The predicted molar refractivity (Wildman–Crippen MR) is 175 cm³/mol. The maximum atomic E-state index is 9.08. The molecule has 0 bridgehead atoms. The van der Waals surface area contributed by atoms with Crippen LogP contribution in [-0.4, -0.2) is 65.7 Å². The smallest absolute Gasteiger partial charge is 0.234 e. The number of piperidine rings is 1. The summed E-state index contributed by atoms with van der Waals surface area (Å²) < 4.78 is 7.09. The van der Waals surface area contributed by atoms with Crippen molar-refractivity contribution in [2.45, 2.75) is 25.4 Å². The van der Waals surface area contributed by atoms with Crippen molar-refractivity contribution in [3.63, 3.8) is 0 Å². The van der Waals surface area contributed by atoms with E-state index in [-0.39, 0.29) is 5.82 Å². The summed E-state index contributed by atoms with van der Waals surface area (Å²) in [5.41, 5.74) is 13.1. The Kier molecular flexibility index (Phi) is 7.89. The Bertz CT molecular complexity index is 2030. The summed E-state index contributed by atoms with van der Waals surface area (Å²) in [7, 11) is 1.59. The molecule has 0 radical (unpaired) electrons. The third kappa shape index (κ3) is 5.91. The van der Waals surface area contributed by atoms with Gasteiger partial charge in [0.25, 0.3) is 0 Å². The second-order valence-electron chi connectivity index (χ2n) is 11.1. The molecule has 7 rings (SSSR count). The van der Waals surface area contributed by atoms with Gasteiger partial charge in [-0.25, -0.2) is 29.4 Å². The number of nitrogens with two attached hydrogens (primary N) is 1. The van der Waals surface area contributed by atoms with Gasteiger partial charge in [-0.3, -0.25) is 4.90 Å². The van der Waals surface area contributed by atoms with Crippen LogP contribution < -0.4 is 15.8 Å². The number of aromatic nitrogens is 7.